The molecule has 0 aromatic heterocycles. The van der Waals surface area contributed by atoms with Crippen molar-refractivity contribution in [3.05, 3.63) is 52.5 Å². The topological polar surface area (TPSA) is 92.8 Å². The molecule has 1 aliphatic heterocycles. The summed E-state index contributed by atoms with van der Waals surface area (Å²) in [4.78, 5) is 24.1. The monoisotopic (exact) mass is 480 g/mol. The third kappa shape index (κ3) is 5.23. The molecule has 0 aliphatic carbocycles. The summed E-state index contributed by atoms with van der Waals surface area (Å²) in [7, 11) is -3.56. The third-order valence-electron chi connectivity index (χ3n) is 4.50. The number of nitrogens with one attached hydrogen (secondary N) is 1. The van der Waals surface area contributed by atoms with E-state index in [4.69, 9.17) is 4.74 Å². The molecule has 1 N–H and O–H groups in total. The van der Waals surface area contributed by atoms with Crippen molar-refractivity contribution in [1.82, 2.24) is 4.31 Å². The second-order valence-corrected chi connectivity index (χ2v) is 9.53. The number of rotatable bonds is 7. The Morgan fingerprint density at radius 1 is 1.14 bits per heavy atom. The number of sulfonamides is 1. The predicted octanol–water partition coefficient (Wildman–Crippen LogP) is 3.45. The summed E-state index contributed by atoms with van der Waals surface area (Å²) in [5, 5.41) is 2.63. The van der Waals surface area contributed by atoms with Gasteiger partial charge >= 0.3 is 0 Å². The highest BCUT2D eigenvalue weighted by molar-refractivity contribution is 9.10. The minimum Gasteiger partial charge on any atom is -0.483 e. The predicted molar refractivity (Wildman–Crippen MR) is 113 cm³/mol. The van der Waals surface area contributed by atoms with Crippen molar-refractivity contribution in [2.45, 2.75) is 24.7 Å². The van der Waals surface area contributed by atoms with Crippen LogP contribution in [0.1, 0.15) is 30.1 Å². The van der Waals surface area contributed by atoms with Crippen molar-refractivity contribution >= 4 is 43.3 Å². The highest BCUT2D eigenvalue weighted by Gasteiger charge is 2.27. The van der Waals surface area contributed by atoms with Gasteiger partial charge in [0.25, 0.3) is 5.91 Å². The molecule has 1 amide bonds. The summed E-state index contributed by atoms with van der Waals surface area (Å²) in [6, 6.07) is 11.1. The van der Waals surface area contributed by atoms with E-state index in [2.05, 4.69) is 21.2 Å². The van der Waals surface area contributed by atoms with Crippen LogP contribution in [0.4, 0.5) is 5.69 Å². The van der Waals surface area contributed by atoms with Gasteiger partial charge in [0.1, 0.15) is 5.75 Å². The van der Waals surface area contributed by atoms with Crippen LogP contribution in [0.3, 0.4) is 0 Å². The van der Waals surface area contributed by atoms with Gasteiger partial charge in [0.05, 0.1) is 10.5 Å². The number of Topliss-reactive ketones (excluding diaryl/α,β-unsaturated/α-hetero) is 1. The molecule has 0 saturated carbocycles. The first-order valence-corrected chi connectivity index (χ1v) is 11.3. The van der Waals surface area contributed by atoms with Crippen molar-refractivity contribution in [1.29, 1.82) is 0 Å². The van der Waals surface area contributed by atoms with Crippen molar-refractivity contribution in [3.8, 4) is 5.75 Å². The molecule has 1 fully saturated rings. The van der Waals surface area contributed by atoms with Gasteiger partial charge in [0.15, 0.2) is 12.4 Å². The number of amides is 1. The molecular weight excluding hydrogens is 460 g/mol. The fourth-order valence-electron chi connectivity index (χ4n) is 3.06. The first-order valence-electron chi connectivity index (χ1n) is 9.11. The van der Waals surface area contributed by atoms with E-state index in [9.17, 15) is 18.0 Å². The fourth-order valence-corrected chi connectivity index (χ4v) is 4.98. The van der Waals surface area contributed by atoms with Crippen molar-refractivity contribution < 1.29 is 22.7 Å². The number of anilines is 1. The number of ketones is 1. The fraction of sp³-hybridized carbons (Fsp3) is 0.300. The Labute approximate surface area is 178 Å². The maximum atomic E-state index is 12.7. The van der Waals surface area contributed by atoms with Crippen LogP contribution in [-0.2, 0) is 14.8 Å². The molecular formula is C20H21BrN2O5S. The number of nitrogens with zero attached hydrogens (tertiary/aromatic N) is 1. The smallest absolute Gasteiger partial charge is 0.262 e. The van der Waals surface area contributed by atoms with Crippen LogP contribution < -0.4 is 10.1 Å². The highest BCUT2D eigenvalue weighted by Crippen LogP contribution is 2.25. The lowest BCUT2D eigenvalue weighted by Crippen LogP contribution is -2.28. The van der Waals surface area contributed by atoms with E-state index in [-0.39, 0.29) is 17.3 Å². The van der Waals surface area contributed by atoms with Gasteiger partial charge in [-0.05, 0) is 56.2 Å². The number of hydrogen-bond donors (Lipinski definition) is 1. The summed E-state index contributed by atoms with van der Waals surface area (Å²) in [6.07, 6.45) is 1.70. The lowest BCUT2D eigenvalue weighted by molar-refractivity contribution is -0.118. The largest absolute Gasteiger partial charge is 0.483 e. The Hall–Kier alpha value is -2.23. The molecule has 0 atom stereocenters. The second-order valence-electron chi connectivity index (χ2n) is 6.67. The number of carbonyl (C=O) groups is 2. The molecule has 1 aliphatic rings. The Kier molecular flexibility index (Phi) is 6.71. The number of ether oxygens (including phenoxy) is 1. The Bertz CT molecular complexity index is 1030. The zero-order chi connectivity index (χ0) is 21.0. The van der Waals surface area contributed by atoms with E-state index in [0.29, 0.717) is 30.1 Å². The highest BCUT2D eigenvalue weighted by atomic mass is 79.9. The Morgan fingerprint density at radius 2 is 1.86 bits per heavy atom. The molecule has 0 spiro atoms. The van der Waals surface area contributed by atoms with Gasteiger partial charge in [-0.3, -0.25) is 9.59 Å². The summed E-state index contributed by atoms with van der Waals surface area (Å²) >= 11 is 3.30. The Morgan fingerprint density at radius 3 is 2.55 bits per heavy atom. The van der Waals surface area contributed by atoms with Gasteiger partial charge in [-0.1, -0.05) is 22.0 Å². The van der Waals surface area contributed by atoms with Gasteiger partial charge < -0.3 is 10.1 Å². The molecule has 2 aromatic rings. The van der Waals surface area contributed by atoms with Crippen molar-refractivity contribution in [2.75, 3.05) is 25.0 Å². The van der Waals surface area contributed by atoms with Crippen LogP contribution in [0.15, 0.2) is 51.8 Å². The molecule has 0 bridgehead atoms. The zero-order valence-electron chi connectivity index (χ0n) is 15.9. The van der Waals surface area contributed by atoms with Crippen molar-refractivity contribution in [3.63, 3.8) is 0 Å². The maximum absolute atomic E-state index is 12.7. The zero-order valence-corrected chi connectivity index (χ0v) is 18.3. The summed E-state index contributed by atoms with van der Waals surface area (Å²) in [6.45, 7) is 2.13. The van der Waals surface area contributed by atoms with E-state index in [1.165, 1.54) is 23.4 Å². The van der Waals surface area contributed by atoms with Crippen LogP contribution in [-0.4, -0.2) is 44.1 Å². The lowest BCUT2D eigenvalue weighted by Gasteiger charge is -2.16. The average molecular weight is 481 g/mol. The summed E-state index contributed by atoms with van der Waals surface area (Å²) in [5.74, 6) is -0.333. The van der Waals surface area contributed by atoms with E-state index in [0.717, 1.165) is 17.3 Å². The van der Waals surface area contributed by atoms with Crippen LogP contribution in [0.25, 0.3) is 0 Å². The minimum atomic E-state index is -3.56. The molecule has 0 unspecified atom stereocenters. The number of halogens is 1. The first kappa shape index (κ1) is 21.5. The molecule has 1 heterocycles. The van der Waals surface area contributed by atoms with Crippen LogP contribution in [0, 0.1) is 0 Å². The van der Waals surface area contributed by atoms with E-state index < -0.39 is 15.9 Å². The molecule has 154 valence electrons. The maximum Gasteiger partial charge on any atom is 0.262 e. The lowest BCUT2D eigenvalue weighted by atomic mass is 10.1. The molecule has 3 rings (SSSR count). The van der Waals surface area contributed by atoms with Crippen LogP contribution in [0.2, 0.25) is 0 Å². The van der Waals surface area contributed by atoms with E-state index in [1.807, 2.05) is 0 Å². The van der Waals surface area contributed by atoms with E-state index in [1.54, 1.807) is 30.3 Å². The van der Waals surface area contributed by atoms with Gasteiger partial charge in [-0.2, -0.15) is 4.31 Å². The summed E-state index contributed by atoms with van der Waals surface area (Å²) < 4.78 is 33.0. The standard InChI is InChI=1S/C20H21BrN2O5S/c1-14(24)18-11-15(21)7-8-19(18)28-13-20(25)22-16-5-4-6-17(12-16)29(26,27)23-9-2-3-10-23/h4-8,11-12H,2-3,9-10,13H2,1H3,(H,22,25). The summed E-state index contributed by atoms with van der Waals surface area (Å²) in [5.41, 5.74) is 0.729. The van der Waals surface area contributed by atoms with Crippen molar-refractivity contribution in [2.24, 2.45) is 0 Å². The quantitative estimate of drug-likeness (QED) is 0.612. The SMILES string of the molecule is CC(=O)c1cc(Br)ccc1OCC(=O)Nc1cccc(S(=O)(=O)N2CCCC2)c1. The number of carbonyl (C=O) groups excluding carboxylic acids is 2. The second kappa shape index (κ2) is 9.06. The molecule has 0 radical (unpaired) electrons. The molecule has 1 saturated heterocycles. The average Bonchev–Trinajstić information content (AvgIpc) is 3.23. The van der Waals surface area contributed by atoms with Crippen LogP contribution >= 0.6 is 15.9 Å². The third-order valence-corrected chi connectivity index (χ3v) is 6.89. The van der Waals surface area contributed by atoms with E-state index >= 15 is 0 Å². The van der Waals surface area contributed by atoms with Gasteiger partial charge in [0.2, 0.25) is 10.0 Å². The molecule has 2 aromatic carbocycles. The molecule has 9 heteroatoms. The van der Waals surface area contributed by atoms with Gasteiger partial charge in [-0.25, -0.2) is 8.42 Å². The van der Waals surface area contributed by atoms with Crippen LogP contribution in [0.5, 0.6) is 5.75 Å². The normalized spacial score (nSPS) is 14.6. The van der Waals surface area contributed by atoms with Gasteiger partial charge in [0, 0.05) is 23.2 Å². The minimum absolute atomic E-state index is 0.143. The Balaban J connectivity index is 1.67. The van der Waals surface area contributed by atoms with Gasteiger partial charge in [-0.15, -0.1) is 0 Å². The number of hydrogen-bond acceptors (Lipinski definition) is 5. The molecule has 7 nitrogen and oxygen atoms in total. The molecule has 29 heavy (non-hydrogen) atoms. The first-order chi connectivity index (χ1) is 13.8. The number of benzene rings is 2.